The second-order valence-corrected chi connectivity index (χ2v) is 7.66. The van der Waals surface area contributed by atoms with Gasteiger partial charge in [-0.1, -0.05) is 24.6 Å². The Bertz CT molecular complexity index is 827. The van der Waals surface area contributed by atoms with Crippen molar-refractivity contribution in [2.45, 2.75) is 50.3 Å². The summed E-state index contributed by atoms with van der Waals surface area (Å²) in [6.45, 7) is 1.08. The van der Waals surface area contributed by atoms with Crippen LogP contribution in [0.4, 0.5) is 18.9 Å². The first kappa shape index (κ1) is 20.0. The van der Waals surface area contributed by atoms with Crippen LogP contribution in [0.1, 0.15) is 38.2 Å². The van der Waals surface area contributed by atoms with Crippen molar-refractivity contribution in [1.29, 1.82) is 0 Å². The molecule has 0 spiro atoms. The third kappa shape index (κ3) is 3.55. The Balaban J connectivity index is 2.23. The van der Waals surface area contributed by atoms with E-state index in [9.17, 15) is 18.0 Å². The fourth-order valence-electron chi connectivity index (χ4n) is 3.67. The van der Waals surface area contributed by atoms with Gasteiger partial charge < -0.3 is 15.5 Å². The molecule has 2 atom stereocenters. The average molecular weight is 403 g/mol. The number of anilines is 1. The van der Waals surface area contributed by atoms with E-state index < -0.39 is 35.4 Å². The van der Waals surface area contributed by atoms with Crippen LogP contribution in [0.15, 0.2) is 39.8 Å². The van der Waals surface area contributed by atoms with Crippen LogP contribution in [-0.2, 0) is 10.2 Å². The van der Waals surface area contributed by atoms with Crippen molar-refractivity contribution < 1.29 is 17.9 Å². The maximum atomic E-state index is 14.7. The molecule has 3 N–H and O–H groups in total. The number of hydrogen-bond acceptors (Lipinski definition) is 3. The first-order chi connectivity index (χ1) is 12.7. The lowest BCUT2D eigenvalue weighted by Gasteiger charge is -2.43. The van der Waals surface area contributed by atoms with Crippen LogP contribution in [-0.4, -0.2) is 23.9 Å². The third-order valence-corrected chi connectivity index (χ3v) is 5.78. The average Bonchev–Trinajstić information content (AvgIpc) is 2.54. The minimum Gasteiger partial charge on any atom is -0.394 e. The first-order valence-corrected chi connectivity index (χ1v) is 9.28. The SMILES string of the molecule is CC1CC=C(Cl)C=C1C(COC1CCC1)(c1cc[nH]c(=O)c1N)C(F)(F)F. The predicted octanol–water partition coefficient (Wildman–Crippen LogP) is 4.42. The third-order valence-electron chi connectivity index (χ3n) is 5.51. The number of rotatable bonds is 5. The minimum absolute atomic E-state index is 0.0686. The van der Waals surface area contributed by atoms with Crippen molar-refractivity contribution in [2.24, 2.45) is 5.92 Å². The number of aromatic nitrogens is 1. The number of nitrogen functional groups attached to an aromatic ring is 1. The number of nitrogens with one attached hydrogen (secondary N) is 1. The number of allylic oxidation sites excluding steroid dienone is 3. The van der Waals surface area contributed by atoms with Gasteiger partial charge in [0.1, 0.15) is 11.1 Å². The largest absolute Gasteiger partial charge is 0.404 e. The van der Waals surface area contributed by atoms with Gasteiger partial charge in [-0.15, -0.1) is 0 Å². The highest BCUT2D eigenvalue weighted by Crippen LogP contribution is 2.52. The molecular weight excluding hydrogens is 381 g/mol. The summed E-state index contributed by atoms with van der Waals surface area (Å²) < 4.78 is 49.7. The van der Waals surface area contributed by atoms with Crippen LogP contribution < -0.4 is 11.3 Å². The molecule has 0 bridgehead atoms. The highest BCUT2D eigenvalue weighted by molar-refractivity contribution is 6.31. The molecule has 2 aliphatic rings. The van der Waals surface area contributed by atoms with Crippen molar-refractivity contribution in [3.63, 3.8) is 0 Å². The van der Waals surface area contributed by atoms with E-state index in [2.05, 4.69) is 4.98 Å². The number of nitrogens with two attached hydrogens (primary N) is 1. The summed E-state index contributed by atoms with van der Waals surface area (Å²) in [6.07, 6.45) is 2.04. The number of hydrogen-bond donors (Lipinski definition) is 2. The molecule has 0 aromatic carbocycles. The molecule has 1 aromatic rings. The molecule has 0 saturated heterocycles. The molecular formula is C19H22ClF3N2O2. The van der Waals surface area contributed by atoms with Gasteiger partial charge in [-0.05, 0) is 49.3 Å². The van der Waals surface area contributed by atoms with E-state index in [-0.39, 0.29) is 22.3 Å². The summed E-state index contributed by atoms with van der Waals surface area (Å²) in [5.41, 5.74) is 1.87. The van der Waals surface area contributed by atoms with Crippen LogP contribution in [0.25, 0.3) is 0 Å². The zero-order chi connectivity index (χ0) is 19.8. The quantitative estimate of drug-likeness (QED) is 0.766. The van der Waals surface area contributed by atoms with Gasteiger partial charge in [0, 0.05) is 16.8 Å². The molecule has 0 amide bonds. The fraction of sp³-hybridized carbons (Fsp3) is 0.526. The second kappa shape index (κ2) is 7.36. The van der Waals surface area contributed by atoms with Crippen molar-refractivity contribution in [2.75, 3.05) is 12.3 Å². The molecule has 27 heavy (non-hydrogen) atoms. The molecule has 1 heterocycles. The van der Waals surface area contributed by atoms with Gasteiger partial charge in [0.05, 0.1) is 12.7 Å². The predicted molar refractivity (Wildman–Crippen MR) is 98.6 cm³/mol. The molecule has 8 heteroatoms. The van der Waals surface area contributed by atoms with Crippen molar-refractivity contribution in [3.05, 3.63) is 50.9 Å². The molecule has 0 aliphatic heterocycles. The van der Waals surface area contributed by atoms with Gasteiger partial charge in [-0.2, -0.15) is 13.2 Å². The Kier molecular flexibility index (Phi) is 5.45. The Morgan fingerprint density at radius 3 is 2.67 bits per heavy atom. The molecule has 148 valence electrons. The van der Waals surface area contributed by atoms with E-state index >= 15 is 0 Å². The highest BCUT2D eigenvalue weighted by atomic mass is 35.5. The molecule has 0 radical (unpaired) electrons. The van der Waals surface area contributed by atoms with E-state index in [1.807, 2.05) is 0 Å². The van der Waals surface area contributed by atoms with Crippen LogP contribution in [0.3, 0.4) is 0 Å². The molecule has 1 fully saturated rings. The number of ether oxygens (including phenoxy) is 1. The van der Waals surface area contributed by atoms with E-state index in [1.54, 1.807) is 13.0 Å². The second-order valence-electron chi connectivity index (χ2n) is 7.23. The lowest BCUT2D eigenvalue weighted by Crippen LogP contribution is -2.51. The van der Waals surface area contributed by atoms with Gasteiger partial charge in [0.15, 0.2) is 0 Å². The normalized spacial score (nSPS) is 23.2. The van der Waals surface area contributed by atoms with Gasteiger partial charge in [0.25, 0.3) is 5.56 Å². The monoisotopic (exact) mass is 402 g/mol. The summed E-state index contributed by atoms with van der Waals surface area (Å²) in [5.74, 6) is -0.433. The summed E-state index contributed by atoms with van der Waals surface area (Å²) in [6, 6.07) is 1.22. The number of halogens is 4. The molecule has 1 saturated carbocycles. The lowest BCUT2D eigenvalue weighted by molar-refractivity contribution is -0.202. The number of alkyl halides is 3. The molecule has 4 nitrogen and oxygen atoms in total. The summed E-state index contributed by atoms with van der Waals surface area (Å²) >= 11 is 6.07. The van der Waals surface area contributed by atoms with Crippen LogP contribution in [0, 0.1) is 5.92 Å². The maximum Gasteiger partial charge on any atom is 0.404 e. The van der Waals surface area contributed by atoms with Crippen LogP contribution in [0.5, 0.6) is 0 Å². The number of aromatic amines is 1. The van der Waals surface area contributed by atoms with E-state index in [4.69, 9.17) is 22.1 Å². The maximum absolute atomic E-state index is 14.7. The van der Waals surface area contributed by atoms with Crippen molar-refractivity contribution in [1.82, 2.24) is 4.98 Å². The van der Waals surface area contributed by atoms with Crippen molar-refractivity contribution >= 4 is 17.3 Å². The van der Waals surface area contributed by atoms with E-state index in [0.717, 1.165) is 19.3 Å². The van der Waals surface area contributed by atoms with Gasteiger partial charge in [-0.3, -0.25) is 4.79 Å². The van der Waals surface area contributed by atoms with Gasteiger partial charge >= 0.3 is 6.18 Å². The Hall–Kier alpha value is -1.73. The van der Waals surface area contributed by atoms with Crippen molar-refractivity contribution in [3.8, 4) is 0 Å². The van der Waals surface area contributed by atoms with E-state index in [0.29, 0.717) is 6.42 Å². The molecule has 2 unspecified atom stereocenters. The summed E-state index contributed by atoms with van der Waals surface area (Å²) in [5, 5.41) is 0.240. The van der Waals surface area contributed by atoms with Crippen LogP contribution in [0.2, 0.25) is 0 Å². The van der Waals surface area contributed by atoms with Gasteiger partial charge in [0.2, 0.25) is 0 Å². The molecule has 1 aromatic heterocycles. The smallest absolute Gasteiger partial charge is 0.394 e. The van der Waals surface area contributed by atoms with Crippen LogP contribution >= 0.6 is 11.6 Å². The number of H-pyrrole nitrogens is 1. The zero-order valence-electron chi connectivity index (χ0n) is 14.9. The topological polar surface area (TPSA) is 68.1 Å². The summed E-state index contributed by atoms with van der Waals surface area (Å²) in [4.78, 5) is 14.3. The lowest BCUT2D eigenvalue weighted by atomic mass is 9.67. The highest BCUT2D eigenvalue weighted by Gasteiger charge is 2.60. The number of pyridine rings is 1. The fourth-order valence-corrected chi connectivity index (χ4v) is 3.87. The summed E-state index contributed by atoms with van der Waals surface area (Å²) in [7, 11) is 0. The molecule has 3 rings (SSSR count). The Morgan fingerprint density at radius 2 is 2.07 bits per heavy atom. The minimum atomic E-state index is -4.73. The van der Waals surface area contributed by atoms with Gasteiger partial charge in [-0.25, -0.2) is 0 Å². The Labute approximate surface area is 160 Å². The molecule has 2 aliphatic carbocycles. The Morgan fingerprint density at radius 1 is 1.37 bits per heavy atom. The van der Waals surface area contributed by atoms with E-state index in [1.165, 1.54) is 18.3 Å². The zero-order valence-corrected chi connectivity index (χ0v) is 15.7. The first-order valence-electron chi connectivity index (χ1n) is 8.90. The standard InChI is InChI=1S/C19H22ClF3N2O2/c1-11-5-6-12(20)9-15(11)18(19(21,22)23,10-27-13-3-2-4-13)14-7-8-25-17(26)16(14)24/h6-9,11,13H,2-5,10,24H2,1H3,(H,25,26).